The van der Waals surface area contributed by atoms with Crippen molar-refractivity contribution in [2.75, 3.05) is 26.2 Å². The highest BCUT2D eigenvalue weighted by molar-refractivity contribution is 5.85. The van der Waals surface area contributed by atoms with Gasteiger partial charge in [-0.05, 0) is 30.4 Å². The molecule has 1 aliphatic heterocycles. The van der Waals surface area contributed by atoms with Crippen LogP contribution in [0.4, 0.5) is 0 Å². The lowest BCUT2D eigenvalue weighted by Gasteiger charge is -2.43. The number of rotatable bonds is 3. The fourth-order valence-electron chi connectivity index (χ4n) is 3.80. The van der Waals surface area contributed by atoms with E-state index in [-0.39, 0.29) is 24.8 Å². The van der Waals surface area contributed by atoms with Gasteiger partial charge in [0.1, 0.15) is 0 Å². The topological polar surface area (TPSA) is 31.1 Å². The van der Waals surface area contributed by atoms with Gasteiger partial charge >= 0.3 is 0 Å². The van der Waals surface area contributed by atoms with Gasteiger partial charge in [0.25, 0.3) is 0 Å². The normalized spacial score (nSPS) is 20.7. The lowest BCUT2D eigenvalue weighted by atomic mass is 9.76. The first-order valence-electron chi connectivity index (χ1n) is 7.94. The van der Waals surface area contributed by atoms with E-state index in [1.165, 1.54) is 48.8 Å². The van der Waals surface area contributed by atoms with Crippen molar-refractivity contribution in [1.82, 2.24) is 15.2 Å². The molecule has 122 valence electrons. The molecule has 0 bridgehead atoms. The highest BCUT2D eigenvalue weighted by Crippen LogP contribution is 2.43. The Balaban J connectivity index is 0.000000882. The summed E-state index contributed by atoms with van der Waals surface area (Å²) in [6.07, 6.45) is 6.47. The molecule has 2 N–H and O–H groups in total. The average Bonchev–Trinajstić information content (AvgIpc) is 2.87. The van der Waals surface area contributed by atoms with Crippen LogP contribution in [-0.4, -0.2) is 36.1 Å². The summed E-state index contributed by atoms with van der Waals surface area (Å²) in [4.78, 5) is 6.17. The third-order valence-corrected chi connectivity index (χ3v) is 5.08. The van der Waals surface area contributed by atoms with Gasteiger partial charge in [0, 0.05) is 49.3 Å². The highest BCUT2D eigenvalue weighted by atomic mass is 35.5. The summed E-state index contributed by atoms with van der Waals surface area (Å²) < 4.78 is 0. The number of H-pyrrole nitrogens is 1. The number of benzene rings is 1. The Hall–Kier alpha value is -0.740. The molecule has 2 aromatic rings. The molecular formula is C17H25Cl2N3. The van der Waals surface area contributed by atoms with Crippen molar-refractivity contribution in [2.24, 2.45) is 5.92 Å². The van der Waals surface area contributed by atoms with Crippen LogP contribution < -0.4 is 5.32 Å². The maximum Gasteiger partial charge on any atom is 0.0457 e. The number of halogens is 2. The van der Waals surface area contributed by atoms with E-state index in [0.29, 0.717) is 6.04 Å². The monoisotopic (exact) mass is 341 g/mol. The Bertz CT molecular complexity index is 588. The van der Waals surface area contributed by atoms with Crippen molar-refractivity contribution in [1.29, 1.82) is 0 Å². The highest BCUT2D eigenvalue weighted by Gasteiger charge is 2.34. The maximum absolute atomic E-state index is 3.48. The molecule has 1 saturated heterocycles. The van der Waals surface area contributed by atoms with Gasteiger partial charge in [0.15, 0.2) is 0 Å². The predicted octanol–water partition coefficient (Wildman–Crippen LogP) is 3.76. The number of aromatic nitrogens is 1. The van der Waals surface area contributed by atoms with Crippen molar-refractivity contribution >= 4 is 35.7 Å². The fourth-order valence-corrected chi connectivity index (χ4v) is 3.80. The molecule has 1 saturated carbocycles. The van der Waals surface area contributed by atoms with E-state index >= 15 is 0 Å². The molecule has 0 spiro atoms. The third-order valence-electron chi connectivity index (χ3n) is 5.08. The maximum atomic E-state index is 3.48. The van der Waals surface area contributed by atoms with Gasteiger partial charge in [-0.25, -0.2) is 0 Å². The number of aromatic amines is 1. The van der Waals surface area contributed by atoms with Crippen molar-refractivity contribution in [3.8, 4) is 0 Å². The van der Waals surface area contributed by atoms with Crippen LogP contribution in [0, 0.1) is 5.92 Å². The summed E-state index contributed by atoms with van der Waals surface area (Å²) in [6, 6.07) is 9.35. The zero-order valence-electron chi connectivity index (χ0n) is 12.8. The van der Waals surface area contributed by atoms with E-state index in [9.17, 15) is 0 Å². The predicted molar refractivity (Wildman–Crippen MR) is 97.3 cm³/mol. The molecule has 22 heavy (non-hydrogen) atoms. The van der Waals surface area contributed by atoms with Gasteiger partial charge in [-0.3, -0.25) is 4.90 Å². The molecule has 1 aromatic carbocycles. The molecule has 0 radical (unpaired) electrons. The molecule has 3 nitrogen and oxygen atoms in total. The average molecular weight is 342 g/mol. The van der Waals surface area contributed by atoms with Crippen molar-refractivity contribution in [3.05, 3.63) is 36.0 Å². The van der Waals surface area contributed by atoms with E-state index in [0.717, 1.165) is 19.0 Å². The molecule has 2 heterocycles. The second-order valence-electron chi connectivity index (χ2n) is 6.21. The number of hydrogen-bond donors (Lipinski definition) is 2. The standard InChI is InChI=1S/C17H23N3.2ClH/c1-2-7-16-14(6-1)15(12-19-16)17(13-4-3-5-13)20-10-8-18-9-11-20;;/h1-2,6-7,12-13,17-19H,3-5,8-11H2;2*1H/t17-;;/m1../s1. The molecular weight excluding hydrogens is 317 g/mol. The summed E-state index contributed by atoms with van der Waals surface area (Å²) in [5, 5.41) is 4.90. The summed E-state index contributed by atoms with van der Waals surface area (Å²) >= 11 is 0. The van der Waals surface area contributed by atoms with E-state index in [1.807, 2.05) is 0 Å². The Morgan fingerprint density at radius 3 is 2.45 bits per heavy atom. The van der Waals surface area contributed by atoms with Crippen LogP contribution in [0.1, 0.15) is 30.9 Å². The minimum atomic E-state index is 0. The molecule has 2 aliphatic rings. The SMILES string of the molecule is Cl.Cl.c1ccc2c([C@@H](C3CCC3)N3CCNCC3)c[nH]c2c1. The Morgan fingerprint density at radius 2 is 1.77 bits per heavy atom. The second-order valence-corrected chi connectivity index (χ2v) is 6.21. The van der Waals surface area contributed by atoms with Crippen LogP contribution in [0.25, 0.3) is 10.9 Å². The number of hydrogen-bond acceptors (Lipinski definition) is 2. The minimum absolute atomic E-state index is 0. The number of nitrogens with one attached hydrogen (secondary N) is 2. The first kappa shape index (κ1) is 17.6. The van der Waals surface area contributed by atoms with E-state index in [1.54, 1.807) is 0 Å². The zero-order chi connectivity index (χ0) is 13.4. The van der Waals surface area contributed by atoms with Crippen LogP contribution in [0.15, 0.2) is 30.5 Å². The summed E-state index contributed by atoms with van der Waals surface area (Å²) in [6.45, 7) is 4.62. The van der Waals surface area contributed by atoms with Crippen LogP contribution in [0.5, 0.6) is 0 Å². The third kappa shape index (κ3) is 3.13. The Kier molecular flexibility index (Phi) is 6.16. The van der Waals surface area contributed by atoms with Crippen molar-refractivity contribution in [2.45, 2.75) is 25.3 Å². The number of para-hydroxylation sites is 1. The second kappa shape index (κ2) is 7.69. The molecule has 1 aliphatic carbocycles. The van der Waals surface area contributed by atoms with Crippen molar-refractivity contribution in [3.63, 3.8) is 0 Å². The van der Waals surface area contributed by atoms with Gasteiger partial charge in [-0.1, -0.05) is 24.6 Å². The van der Waals surface area contributed by atoms with Gasteiger partial charge in [-0.2, -0.15) is 0 Å². The molecule has 5 heteroatoms. The van der Waals surface area contributed by atoms with Crippen molar-refractivity contribution < 1.29 is 0 Å². The van der Waals surface area contributed by atoms with Crippen LogP contribution in [-0.2, 0) is 0 Å². The first-order valence-corrected chi connectivity index (χ1v) is 7.94. The smallest absolute Gasteiger partial charge is 0.0457 e. The lowest BCUT2D eigenvalue weighted by molar-refractivity contribution is 0.0846. The van der Waals surface area contributed by atoms with Crippen LogP contribution in [0.3, 0.4) is 0 Å². The summed E-state index contributed by atoms with van der Waals surface area (Å²) in [5.41, 5.74) is 2.80. The van der Waals surface area contributed by atoms with E-state index in [4.69, 9.17) is 0 Å². The summed E-state index contributed by atoms with van der Waals surface area (Å²) in [5.74, 6) is 0.854. The number of fused-ring (bicyclic) bond motifs is 1. The Morgan fingerprint density at radius 1 is 1.05 bits per heavy atom. The van der Waals surface area contributed by atoms with Gasteiger partial charge in [0.05, 0.1) is 0 Å². The Labute approximate surface area is 144 Å². The van der Waals surface area contributed by atoms with Gasteiger partial charge in [-0.15, -0.1) is 24.8 Å². The summed E-state index contributed by atoms with van der Waals surface area (Å²) in [7, 11) is 0. The number of nitrogens with zero attached hydrogens (tertiary/aromatic N) is 1. The molecule has 2 fully saturated rings. The fraction of sp³-hybridized carbons (Fsp3) is 0.529. The molecule has 1 atom stereocenters. The van der Waals surface area contributed by atoms with E-state index in [2.05, 4.69) is 45.7 Å². The van der Waals surface area contributed by atoms with Gasteiger partial charge in [0.2, 0.25) is 0 Å². The minimum Gasteiger partial charge on any atom is -0.361 e. The lowest BCUT2D eigenvalue weighted by Crippen LogP contribution is -2.47. The molecule has 1 aromatic heterocycles. The van der Waals surface area contributed by atoms with Gasteiger partial charge < -0.3 is 10.3 Å². The molecule has 4 rings (SSSR count). The van der Waals surface area contributed by atoms with Crippen LogP contribution in [0.2, 0.25) is 0 Å². The van der Waals surface area contributed by atoms with E-state index < -0.39 is 0 Å². The van der Waals surface area contributed by atoms with Crippen LogP contribution >= 0.6 is 24.8 Å². The zero-order valence-corrected chi connectivity index (χ0v) is 14.4. The number of piperazine rings is 1. The molecule has 0 amide bonds. The largest absolute Gasteiger partial charge is 0.361 e. The molecule has 0 unspecified atom stereocenters. The quantitative estimate of drug-likeness (QED) is 0.890. The first-order chi connectivity index (χ1) is 9.93.